The van der Waals surface area contributed by atoms with Crippen molar-refractivity contribution in [2.75, 3.05) is 0 Å². The van der Waals surface area contributed by atoms with Crippen molar-refractivity contribution in [2.24, 2.45) is 0 Å². The second-order valence-electron chi connectivity index (χ2n) is 8.29. The first kappa shape index (κ1) is 23.4. The molecule has 0 aliphatic carbocycles. The minimum absolute atomic E-state index is 0.00272. The van der Waals surface area contributed by atoms with Crippen molar-refractivity contribution in [3.8, 4) is 0 Å². The Bertz CT molecular complexity index is 1130. The van der Waals surface area contributed by atoms with Crippen molar-refractivity contribution in [1.29, 1.82) is 0 Å². The third kappa shape index (κ3) is 3.69. The van der Waals surface area contributed by atoms with Gasteiger partial charge in [0.1, 0.15) is 0 Å². The summed E-state index contributed by atoms with van der Waals surface area (Å²) in [4.78, 5) is 51.5. The van der Waals surface area contributed by atoms with Gasteiger partial charge in [-0.3, -0.25) is 0 Å². The zero-order chi connectivity index (χ0) is 24.5. The molecule has 35 heavy (non-hydrogen) atoms. The Hall–Kier alpha value is -3.32. The molecule has 2 saturated heterocycles. The minimum atomic E-state index is -6.03. The van der Waals surface area contributed by atoms with Gasteiger partial charge >= 0.3 is 205 Å². The van der Waals surface area contributed by atoms with Crippen LogP contribution in [0.4, 0.5) is 0 Å². The molecule has 0 atom stereocenters. The van der Waals surface area contributed by atoms with Crippen LogP contribution >= 0.6 is 0 Å². The zero-order valence-corrected chi connectivity index (χ0v) is 21.3. The van der Waals surface area contributed by atoms with E-state index in [1.54, 1.807) is 72.8 Å². The Morgan fingerprint density at radius 1 is 0.457 bits per heavy atom. The molecule has 0 radical (unpaired) electrons. The second-order valence-corrected chi connectivity index (χ2v) is 19.1. The van der Waals surface area contributed by atoms with Crippen LogP contribution < -0.4 is 10.5 Å². The first-order valence-electron chi connectivity index (χ1n) is 11.3. The van der Waals surface area contributed by atoms with Crippen molar-refractivity contribution in [3.63, 3.8) is 0 Å². The van der Waals surface area contributed by atoms with E-state index in [-0.39, 0.29) is 25.7 Å². The number of nitrogens with zero attached hydrogens (tertiary/aromatic N) is 2. The van der Waals surface area contributed by atoms with Gasteiger partial charge in [0.15, 0.2) is 0 Å². The summed E-state index contributed by atoms with van der Waals surface area (Å²) in [6.45, 7) is 0. The zero-order valence-electron chi connectivity index (χ0n) is 18.8. The Morgan fingerprint density at radius 3 is 0.971 bits per heavy atom. The molecule has 4 amide bonds. The van der Waals surface area contributed by atoms with Crippen molar-refractivity contribution < 1.29 is 25.4 Å². The van der Waals surface area contributed by atoms with Crippen molar-refractivity contribution in [1.82, 2.24) is 10.1 Å². The third-order valence-electron chi connectivity index (χ3n) is 6.16. The van der Waals surface area contributed by atoms with E-state index in [0.29, 0.717) is 10.5 Å². The molecule has 0 N–H and O–H groups in total. The molecule has 3 aromatic carbocycles. The summed E-state index contributed by atoms with van der Waals surface area (Å²) in [6.07, 6.45) is 0.0109. The van der Waals surface area contributed by atoms with E-state index >= 15 is 0 Å². The number of rotatable bonds is 7. The topological polar surface area (TPSA) is 93.2 Å². The molecular weight excluding hydrogens is 558 g/mol. The van der Waals surface area contributed by atoms with Gasteiger partial charge in [0, 0.05) is 0 Å². The van der Waals surface area contributed by atoms with Gasteiger partial charge in [0.05, 0.1) is 0 Å². The first-order chi connectivity index (χ1) is 16.9. The maximum atomic E-state index is 12.9. The molecule has 178 valence electrons. The molecule has 5 rings (SSSR count). The van der Waals surface area contributed by atoms with E-state index in [2.05, 4.69) is 0 Å². The van der Waals surface area contributed by atoms with Crippen LogP contribution in [0.5, 0.6) is 0 Å². The van der Waals surface area contributed by atoms with Crippen molar-refractivity contribution >= 4 is 52.4 Å². The molecule has 9 heteroatoms. The number of hydrogen-bond acceptors (Lipinski definition) is 6. The van der Waals surface area contributed by atoms with E-state index in [1.165, 1.54) is 0 Å². The molecule has 2 heterocycles. The summed E-state index contributed by atoms with van der Waals surface area (Å²) in [5.41, 5.74) is 0. The molecule has 2 aliphatic heterocycles. The van der Waals surface area contributed by atoms with Gasteiger partial charge in [-0.05, 0) is 0 Å². The molecule has 0 spiro atoms. The fourth-order valence-electron chi connectivity index (χ4n) is 4.45. The number of carbonyl (C=O) groups is 4. The predicted molar refractivity (Wildman–Crippen MR) is 128 cm³/mol. The number of hydrogen-bond donors (Lipinski definition) is 0. The Morgan fingerprint density at radius 2 is 0.714 bits per heavy atom. The number of hydroxylamine groups is 4. The van der Waals surface area contributed by atoms with Gasteiger partial charge in [-0.15, -0.1) is 0 Å². The predicted octanol–water partition coefficient (Wildman–Crippen LogP) is 1.27. The molecule has 2 fully saturated rings. The summed E-state index contributed by atoms with van der Waals surface area (Å²) in [5.74, 6) is -2.00. The molecule has 3 aromatic rings. The summed E-state index contributed by atoms with van der Waals surface area (Å²) in [7, 11) is 0. The van der Waals surface area contributed by atoms with Gasteiger partial charge in [-0.1, -0.05) is 0 Å². The quantitative estimate of drug-likeness (QED) is 0.309. The van der Waals surface area contributed by atoms with Crippen LogP contribution in [0.15, 0.2) is 91.0 Å². The van der Waals surface area contributed by atoms with Crippen LogP contribution in [0, 0.1) is 0 Å². The van der Waals surface area contributed by atoms with E-state index < -0.39 is 41.9 Å². The third-order valence-corrected chi connectivity index (χ3v) is 19.5. The molecule has 0 saturated carbocycles. The number of benzene rings is 3. The standard InChI is InChI=1S/3C6H5.2C4H4NO3.Sb/c3*1-2-4-6-5-3-1;2*6-3-1-2-4(7)5(3)8;/h3*1-5H;2*1-2H2;/q;;;2*-1;+2. The fraction of sp³-hybridized carbons (Fsp3) is 0.154. The van der Waals surface area contributed by atoms with Crippen molar-refractivity contribution in [3.05, 3.63) is 91.0 Å². The SMILES string of the molecule is O=C1CCC(=O)N1[O][Sb]([O]N1C(=O)CCC1=O)([c]1ccccc1)([c]1ccccc1)[c]1ccccc1. The van der Waals surface area contributed by atoms with Gasteiger partial charge in [0.25, 0.3) is 0 Å². The van der Waals surface area contributed by atoms with Gasteiger partial charge in [0.2, 0.25) is 0 Å². The van der Waals surface area contributed by atoms with Crippen LogP contribution in [0.1, 0.15) is 25.7 Å². The molecule has 0 unspecified atom stereocenters. The van der Waals surface area contributed by atoms with Crippen LogP contribution in [0.25, 0.3) is 0 Å². The number of amides is 4. The van der Waals surface area contributed by atoms with Gasteiger partial charge in [-0.2, -0.15) is 0 Å². The van der Waals surface area contributed by atoms with E-state index in [9.17, 15) is 19.2 Å². The Labute approximate surface area is 204 Å². The molecule has 2 aliphatic rings. The normalized spacial score (nSPS) is 17.7. The summed E-state index contributed by atoms with van der Waals surface area (Å²) < 4.78 is 15.1. The van der Waals surface area contributed by atoms with Crippen LogP contribution in [0.3, 0.4) is 0 Å². The molecule has 0 bridgehead atoms. The molecule has 8 nitrogen and oxygen atoms in total. The van der Waals surface area contributed by atoms with Crippen LogP contribution in [0.2, 0.25) is 0 Å². The van der Waals surface area contributed by atoms with Crippen LogP contribution in [-0.4, -0.2) is 52.0 Å². The monoisotopic (exact) mass is 580 g/mol. The van der Waals surface area contributed by atoms with E-state index in [4.69, 9.17) is 6.23 Å². The van der Waals surface area contributed by atoms with Gasteiger partial charge in [-0.25, -0.2) is 0 Å². The average Bonchev–Trinajstić information content (AvgIpc) is 3.39. The fourth-order valence-corrected chi connectivity index (χ4v) is 17.6. The summed E-state index contributed by atoms with van der Waals surface area (Å²) in [6, 6.07) is 27.0. The van der Waals surface area contributed by atoms with Gasteiger partial charge < -0.3 is 0 Å². The first-order valence-corrected chi connectivity index (χ1v) is 17.2. The number of carbonyl (C=O) groups excluding carboxylic acids is 4. The van der Waals surface area contributed by atoms with E-state index in [0.717, 1.165) is 10.1 Å². The maximum absolute atomic E-state index is 12.9. The Kier molecular flexibility index (Phi) is 6.05. The van der Waals surface area contributed by atoms with E-state index in [1.807, 2.05) is 18.2 Å². The Balaban J connectivity index is 1.92. The van der Waals surface area contributed by atoms with Crippen molar-refractivity contribution in [2.45, 2.75) is 25.7 Å². The average molecular weight is 581 g/mol. The molecular formula is C26H23N2O6Sb. The van der Waals surface area contributed by atoms with Crippen LogP contribution in [-0.2, 0) is 25.4 Å². The number of imide groups is 2. The summed E-state index contributed by atoms with van der Waals surface area (Å²) >= 11 is -6.03. The molecule has 0 aromatic heterocycles. The second kappa shape index (κ2) is 9.04. The summed E-state index contributed by atoms with van der Waals surface area (Å²) in [5, 5.41) is 1.55.